The summed E-state index contributed by atoms with van der Waals surface area (Å²) in [5, 5.41) is 2.97. The lowest BCUT2D eigenvalue weighted by atomic mass is 9.93. The third kappa shape index (κ3) is 5.94. The van der Waals surface area contributed by atoms with Crippen LogP contribution in [-0.4, -0.2) is 98.8 Å². The van der Waals surface area contributed by atoms with Crippen molar-refractivity contribution in [2.75, 3.05) is 60.2 Å². The Kier molecular flexibility index (Phi) is 9.11. The summed E-state index contributed by atoms with van der Waals surface area (Å²) in [4.78, 5) is 44.3. The van der Waals surface area contributed by atoms with Crippen LogP contribution in [0.1, 0.15) is 32.4 Å². The first-order valence-corrected chi connectivity index (χ1v) is 12.0. The molecule has 10 heteroatoms. The summed E-state index contributed by atoms with van der Waals surface area (Å²) in [6.45, 7) is 8.44. The zero-order valence-electron chi connectivity index (χ0n) is 21.2. The molecule has 3 rings (SSSR count). The van der Waals surface area contributed by atoms with E-state index in [1.807, 2.05) is 43.0 Å². The second kappa shape index (κ2) is 12.0. The van der Waals surface area contributed by atoms with Gasteiger partial charge in [-0.25, -0.2) is 9.59 Å². The van der Waals surface area contributed by atoms with Gasteiger partial charge in [0.15, 0.2) is 0 Å². The highest BCUT2D eigenvalue weighted by Gasteiger charge is 2.39. The van der Waals surface area contributed by atoms with Crippen LogP contribution in [0.2, 0.25) is 0 Å². The third-order valence-corrected chi connectivity index (χ3v) is 6.35. The number of carbonyl (C=O) groups excluding carboxylic acids is 3. The molecule has 0 spiro atoms. The van der Waals surface area contributed by atoms with E-state index in [0.717, 1.165) is 5.56 Å². The van der Waals surface area contributed by atoms with Crippen LogP contribution in [0.25, 0.3) is 0 Å². The molecule has 2 aliphatic heterocycles. The van der Waals surface area contributed by atoms with Crippen LogP contribution in [0.5, 0.6) is 5.75 Å². The van der Waals surface area contributed by atoms with Gasteiger partial charge in [-0.3, -0.25) is 14.6 Å². The molecular formula is C25H36N4O6. The fraction of sp³-hybridized carbons (Fsp3) is 0.560. The van der Waals surface area contributed by atoms with E-state index in [1.54, 1.807) is 18.9 Å². The van der Waals surface area contributed by atoms with Crippen molar-refractivity contribution in [3.8, 4) is 5.75 Å². The van der Waals surface area contributed by atoms with E-state index in [4.69, 9.17) is 14.2 Å². The van der Waals surface area contributed by atoms with Gasteiger partial charge in [-0.05, 0) is 38.5 Å². The normalized spacial score (nSPS) is 21.1. The summed E-state index contributed by atoms with van der Waals surface area (Å²) < 4.78 is 15.8. The Labute approximate surface area is 206 Å². The van der Waals surface area contributed by atoms with Gasteiger partial charge >= 0.3 is 12.0 Å². The van der Waals surface area contributed by atoms with Gasteiger partial charge in [-0.2, -0.15) is 0 Å². The van der Waals surface area contributed by atoms with E-state index in [0.29, 0.717) is 49.7 Å². The maximum atomic E-state index is 13.3. The molecule has 1 N–H and O–H groups in total. The average molecular weight is 489 g/mol. The lowest BCUT2D eigenvalue weighted by Gasteiger charge is -2.42. The fourth-order valence-corrected chi connectivity index (χ4v) is 4.69. The number of nitrogens with one attached hydrogen (secondary N) is 1. The number of amides is 3. The Hall–Kier alpha value is -3.11. The zero-order chi connectivity index (χ0) is 25.5. The molecule has 0 bridgehead atoms. The minimum absolute atomic E-state index is 0.0280. The number of methoxy groups -OCH3 is 2. The van der Waals surface area contributed by atoms with Crippen molar-refractivity contribution in [1.29, 1.82) is 0 Å². The quantitative estimate of drug-likeness (QED) is 0.529. The predicted molar refractivity (Wildman–Crippen MR) is 130 cm³/mol. The molecule has 3 amide bonds. The van der Waals surface area contributed by atoms with E-state index in [2.05, 4.69) is 10.2 Å². The number of urea groups is 1. The number of carbonyl (C=O) groups is 3. The van der Waals surface area contributed by atoms with Gasteiger partial charge in [0.2, 0.25) is 5.91 Å². The zero-order valence-corrected chi connectivity index (χ0v) is 21.2. The number of likely N-dealkylation sites (N-methyl/N-ethyl adjacent to an activating group) is 1. The summed E-state index contributed by atoms with van der Waals surface area (Å²) in [6.07, 6.45) is 0. The van der Waals surface area contributed by atoms with Crippen molar-refractivity contribution in [2.24, 2.45) is 0 Å². The van der Waals surface area contributed by atoms with Gasteiger partial charge in [-0.15, -0.1) is 0 Å². The Morgan fingerprint density at radius 2 is 1.94 bits per heavy atom. The number of benzene rings is 1. The monoisotopic (exact) mass is 488 g/mol. The summed E-state index contributed by atoms with van der Waals surface area (Å²) in [5.41, 5.74) is 1.76. The topological polar surface area (TPSA) is 101 Å². The number of rotatable bonds is 9. The lowest BCUT2D eigenvalue weighted by molar-refractivity contribution is -0.139. The summed E-state index contributed by atoms with van der Waals surface area (Å²) >= 11 is 0. The highest BCUT2D eigenvalue weighted by atomic mass is 16.5. The highest BCUT2D eigenvalue weighted by Crippen LogP contribution is 2.33. The second-order valence-electron chi connectivity index (χ2n) is 8.59. The van der Waals surface area contributed by atoms with Crippen molar-refractivity contribution < 1.29 is 28.6 Å². The summed E-state index contributed by atoms with van der Waals surface area (Å²) in [7, 11) is 3.08. The molecule has 1 aromatic rings. The Bertz CT molecular complexity index is 965. The number of ether oxygens (including phenoxy) is 3. The van der Waals surface area contributed by atoms with Crippen molar-refractivity contribution in [3.05, 3.63) is 41.1 Å². The van der Waals surface area contributed by atoms with Gasteiger partial charge in [-0.1, -0.05) is 12.1 Å². The Morgan fingerprint density at radius 1 is 1.17 bits per heavy atom. The van der Waals surface area contributed by atoms with Gasteiger partial charge in [0.05, 0.1) is 25.3 Å². The van der Waals surface area contributed by atoms with Gasteiger partial charge in [0, 0.05) is 51.6 Å². The van der Waals surface area contributed by atoms with Gasteiger partial charge in [0.25, 0.3) is 0 Å². The highest BCUT2D eigenvalue weighted by molar-refractivity contribution is 5.95. The molecule has 2 aliphatic rings. The first kappa shape index (κ1) is 26.5. The van der Waals surface area contributed by atoms with Crippen molar-refractivity contribution >= 4 is 17.9 Å². The molecule has 1 aromatic carbocycles. The fourth-order valence-electron chi connectivity index (χ4n) is 4.69. The Balaban J connectivity index is 1.98. The molecular weight excluding hydrogens is 452 g/mol. The second-order valence-corrected chi connectivity index (χ2v) is 8.59. The van der Waals surface area contributed by atoms with Crippen LogP contribution in [0.4, 0.5) is 4.79 Å². The van der Waals surface area contributed by atoms with E-state index in [1.165, 1.54) is 7.11 Å². The van der Waals surface area contributed by atoms with Crippen LogP contribution in [-0.2, 0) is 19.1 Å². The molecule has 2 heterocycles. The van der Waals surface area contributed by atoms with E-state index < -0.39 is 12.0 Å². The lowest BCUT2D eigenvalue weighted by Crippen LogP contribution is -2.57. The van der Waals surface area contributed by atoms with E-state index in [-0.39, 0.29) is 31.2 Å². The van der Waals surface area contributed by atoms with Gasteiger partial charge in [0.1, 0.15) is 12.4 Å². The van der Waals surface area contributed by atoms with Crippen LogP contribution in [0, 0.1) is 0 Å². The van der Waals surface area contributed by atoms with Crippen molar-refractivity contribution in [3.63, 3.8) is 0 Å². The molecule has 10 nitrogen and oxygen atoms in total. The predicted octanol–water partition coefficient (Wildman–Crippen LogP) is 1.78. The molecule has 1 saturated heterocycles. The number of hydrogen-bond acceptors (Lipinski definition) is 7. The van der Waals surface area contributed by atoms with Crippen molar-refractivity contribution in [2.45, 2.75) is 32.9 Å². The molecule has 2 unspecified atom stereocenters. The maximum absolute atomic E-state index is 13.3. The standard InChI is InChI=1S/C25H36N4O6/c1-6-28-20(15-27-11-12-29(17(3)14-27)21(30)16-33-4)22(24(31)35-7-2)23(26-25(28)32)18-9-8-10-19(13-18)34-5/h8-10,13,17,23H,6-7,11-12,14-16H2,1-5H3,(H,26,32). The molecule has 1 fully saturated rings. The van der Waals surface area contributed by atoms with Gasteiger partial charge < -0.3 is 24.4 Å². The number of piperazine rings is 1. The van der Waals surface area contributed by atoms with Crippen LogP contribution >= 0.6 is 0 Å². The molecule has 0 saturated carbocycles. The maximum Gasteiger partial charge on any atom is 0.338 e. The SMILES string of the molecule is CCOC(=O)C1=C(CN2CCN(C(=O)COC)C(C)C2)N(CC)C(=O)NC1c1cccc(OC)c1. The largest absolute Gasteiger partial charge is 0.497 e. The molecule has 192 valence electrons. The average Bonchev–Trinajstić information content (AvgIpc) is 2.84. The molecule has 0 aliphatic carbocycles. The minimum Gasteiger partial charge on any atom is -0.497 e. The van der Waals surface area contributed by atoms with Crippen LogP contribution in [0.3, 0.4) is 0 Å². The Morgan fingerprint density at radius 3 is 2.57 bits per heavy atom. The molecule has 0 radical (unpaired) electrons. The first-order chi connectivity index (χ1) is 16.8. The number of nitrogens with zero attached hydrogens (tertiary/aromatic N) is 3. The smallest absolute Gasteiger partial charge is 0.338 e. The van der Waals surface area contributed by atoms with Crippen LogP contribution in [0.15, 0.2) is 35.5 Å². The molecule has 35 heavy (non-hydrogen) atoms. The number of esters is 1. The summed E-state index contributed by atoms with van der Waals surface area (Å²) in [6, 6.07) is 6.33. The molecule has 0 aromatic heterocycles. The third-order valence-electron chi connectivity index (χ3n) is 6.35. The van der Waals surface area contributed by atoms with Crippen molar-refractivity contribution in [1.82, 2.24) is 20.0 Å². The van der Waals surface area contributed by atoms with Crippen LogP contribution < -0.4 is 10.1 Å². The molecule has 2 atom stereocenters. The summed E-state index contributed by atoms with van der Waals surface area (Å²) in [5.74, 6) is 0.122. The first-order valence-electron chi connectivity index (χ1n) is 12.0. The number of hydrogen-bond donors (Lipinski definition) is 1. The van der Waals surface area contributed by atoms with E-state index >= 15 is 0 Å². The van der Waals surface area contributed by atoms with E-state index in [9.17, 15) is 14.4 Å². The minimum atomic E-state index is -0.670.